The van der Waals surface area contributed by atoms with E-state index in [2.05, 4.69) is 20.0 Å². The van der Waals surface area contributed by atoms with Crippen LogP contribution in [-0.2, 0) is 10.0 Å². The summed E-state index contributed by atoms with van der Waals surface area (Å²) in [5, 5.41) is 14.7. The minimum Gasteiger partial charge on any atom is -0.389 e. The lowest BCUT2D eigenvalue weighted by Crippen LogP contribution is -2.60. The molecule has 4 rings (SSSR count). The summed E-state index contributed by atoms with van der Waals surface area (Å²) in [4.78, 5) is 10.8. The fourth-order valence-electron chi connectivity index (χ4n) is 3.90. The molecule has 10 heteroatoms. The van der Waals surface area contributed by atoms with Crippen molar-refractivity contribution in [2.45, 2.75) is 25.4 Å². The molecule has 0 saturated carbocycles. The molecule has 0 radical (unpaired) electrons. The second-order valence-electron chi connectivity index (χ2n) is 7.42. The van der Waals surface area contributed by atoms with Crippen LogP contribution in [0.15, 0.2) is 22.9 Å². The molecule has 1 N–H and O–H groups in total. The number of anilines is 1. The van der Waals surface area contributed by atoms with E-state index >= 15 is 0 Å². The maximum atomic E-state index is 11.9. The molecule has 0 aliphatic carbocycles. The summed E-state index contributed by atoms with van der Waals surface area (Å²) in [6, 6.07) is 3.76. The average molecular weight is 393 g/mol. The van der Waals surface area contributed by atoms with Crippen LogP contribution in [0.2, 0.25) is 0 Å². The predicted molar refractivity (Wildman–Crippen MR) is 98.6 cm³/mol. The molecule has 4 heterocycles. The Morgan fingerprint density at radius 2 is 2.04 bits per heavy atom. The Bertz CT molecular complexity index is 929. The minimum absolute atomic E-state index is 0.144. The quantitative estimate of drug-likeness (QED) is 0.809. The fourth-order valence-corrected chi connectivity index (χ4v) is 4.77. The Balaban J connectivity index is 1.50. The van der Waals surface area contributed by atoms with Crippen LogP contribution in [0.4, 0.5) is 5.82 Å². The monoisotopic (exact) mass is 393 g/mol. The highest BCUT2D eigenvalue weighted by atomic mass is 32.2. The lowest BCUT2D eigenvalue weighted by molar-refractivity contribution is -0.0688. The van der Waals surface area contributed by atoms with Gasteiger partial charge in [0.1, 0.15) is 5.82 Å². The Kier molecular flexibility index (Phi) is 4.44. The molecule has 9 nitrogen and oxygen atoms in total. The molecule has 0 amide bonds. The van der Waals surface area contributed by atoms with Gasteiger partial charge in [-0.25, -0.2) is 17.7 Å². The van der Waals surface area contributed by atoms with Gasteiger partial charge in [0.15, 0.2) is 5.82 Å². The van der Waals surface area contributed by atoms with Gasteiger partial charge >= 0.3 is 0 Å². The first-order valence-corrected chi connectivity index (χ1v) is 10.8. The maximum Gasteiger partial charge on any atom is 0.259 e. The number of aliphatic hydroxyl groups is 1. The van der Waals surface area contributed by atoms with Gasteiger partial charge in [-0.2, -0.15) is 4.98 Å². The van der Waals surface area contributed by atoms with E-state index in [4.69, 9.17) is 4.52 Å². The Labute approximate surface area is 158 Å². The molecule has 2 aliphatic heterocycles. The summed E-state index contributed by atoms with van der Waals surface area (Å²) in [5.74, 6) is 1.64. The van der Waals surface area contributed by atoms with Crippen molar-refractivity contribution in [1.29, 1.82) is 0 Å². The molecular formula is C17H23N5O4S. The van der Waals surface area contributed by atoms with E-state index < -0.39 is 15.6 Å². The van der Waals surface area contributed by atoms with Crippen LogP contribution < -0.4 is 4.90 Å². The SMILES string of the molecule is Cc1noc(-c2ccc(N3CC[C@@]4(O)CCN(S(C)(=O)=O)C[C@H]4C3)nc2)n1. The van der Waals surface area contributed by atoms with Gasteiger partial charge in [-0.05, 0) is 31.9 Å². The van der Waals surface area contributed by atoms with Crippen LogP contribution >= 0.6 is 0 Å². The van der Waals surface area contributed by atoms with Crippen molar-refractivity contribution in [1.82, 2.24) is 19.4 Å². The van der Waals surface area contributed by atoms with Gasteiger partial charge in [-0.15, -0.1) is 0 Å². The molecule has 2 aliphatic rings. The number of pyridine rings is 1. The highest BCUT2D eigenvalue weighted by molar-refractivity contribution is 7.88. The number of sulfonamides is 1. The van der Waals surface area contributed by atoms with Gasteiger partial charge in [-0.3, -0.25) is 0 Å². The first kappa shape index (κ1) is 18.3. The summed E-state index contributed by atoms with van der Waals surface area (Å²) in [7, 11) is -3.25. The normalized spacial score (nSPS) is 26.8. The first-order valence-electron chi connectivity index (χ1n) is 8.94. The number of hydrogen-bond donors (Lipinski definition) is 1. The molecule has 2 fully saturated rings. The Hall–Kier alpha value is -2.04. The largest absolute Gasteiger partial charge is 0.389 e. The van der Waals surface area contributed by atoms with Crippen molar-refractivity contribution in [3.63, 3.8) is 0 Å². The number of nitrogens with zero attached hydrogens (tertiary/aromatic N) is 5. The molecular weight excluding hydrogens is 370 g/mol. The second-order valence-corrected chi connectivity index (χ2v) is 9.40. The minimum atomic E-state index is -3.25. The number of piperidine rings is 2. The molecule has 0 aromatic carbocycles. The highest BCUT2D eigenvalue weighted by Gasteiger charge is 2.46. The average Bonchev–Trinajstić information content (AvgIpc) is 3.06. The number of rotatable bonds is 3. The van der Waals surface area contributed by atoms with Crippen LogP contribution in [0.5, 0.6) is 0 Å². The molecule has 146 valence electrons. The van der Waals surface area contributed by atoms with E-state index in [-0.39, 0.29) is 5.92 Å². The lowest BCUT2D eigenvalue weighted by Gasteiger charge is -2.49. The summed E-state index contributed by atoms with van der Waals surface area (Å²) >= 11 is 0. The van der Waals surface area contributed by atoms with E-state index in [1.54, 1.807) is 13.1 Å². The fraction of sp³-hybridized carbons (Fsp3) is 0.588. The van der Waals surface area contributed by atoms with Gasteiger partial charge in [0, 0.05) is 38.3 Å². The molecule has 2 saturated heterocycles. The summed E-state index contributed by atoms with van der Waals surface area (Å²) in [5.41, 5.74) is -0.0624. The molecule has 0 unspecified atom stereocenters. The van der Waals surface area contributed by atoms with E-state index in [0.717, 1.165) is 11.4 Å². The highest BCUT2D eigenvalue weighted by Crippen LogP contribution is 2.37. The zero-order chi connectivity index (χ0) is 19.2. The molecule has 0 spiro atoms. The standard InChI is InChI=1S/C17H23N5O4S/c1-12-19-16(26-20-12)13-3-4-15(18-9-13)21-7-5-17(23)6-8-22(27(2,24)25)11-14(17)10-21/h3-4,9,14,23H,5-8,10-11H2,1-2H3/t14-,17-/m1/s1. The van der Waals surface area contributed by atoms with Crippen LogP contribution in [0, 0.1) is 12.8 Å². The van der Waals surface area contributed by atoms with Crippen molar-refractivity contribution >= 4 is 15.8 Å². The number of aryl methyl sites for hydroxylation is 1. The van der Waals surface area contributed by atoms with Crippen LogP contribution in [0.3, 0.4) is 0 Å². The van der Waals surface area contributed by atoms with Crippen molar-refractivity contribution in [2.24, 2.45) is 5.92 Å². The second kappa shape index (κ2) is 6.54. The summed E-state index contributed by atoms with van der Waals surface area (Å²) in [6.45, 7) is 3.72. The van der Waals surface area contributed by atoms with Gasteiger partial charge in [0.25, 0.3) is 5.89 Å². The Morgan fingerprint density at radius 1 is 1.26 bits per heavy atom. The van der Waals surface area contributed by atoms with E-state index in [9.17, 15) is 13.5 Å². The smallest absolute Gasteiger partial charge is 0.259 e. The summed E-state index contributed by atoms with van der Waals surface area (Å²) < 4.78 is 30.4. The lowest BCUT2D eigenvalue weighted by atomic mass is 9.76. The van der Waals surface area contributed by atoms with Gasteiger partial charge in [0.2, 0.25) is 10.0 Å². The van der Waals surface area contributed by atoms with Crippen molar-refractivity contribution in [3.8, 4) is 11.5 Å². The molecule has 27 heavy (non-hydrogen) atoms. The van der Waals surface area contributed by atoms with Crippen LogP contribution in [0.25, 0.3) is 11.5 Å². The molecule has 0 bridgehead atoms. The van der Waals surface area contributed by atoms with Gasteiger partial charge in [0.05, 0.1) is 17.4 Å². The molecule has 2 aromatic rings. The Morgan fingerprint density at radius 3 is 2.67 bits per heavy atom. The van der Waals surface area contributed by atoms with Gasteiger partial charge in [-0.1, -0.05) is 5.16 Å². The van der Waals surface area contributed by atoms with E-state index in [1.807, 2.05) is 12.1 Å². The first-order chi connectivity index (χ1) is 12.7. The molecule has 2 aromatic heterocycles. The number of aromatic nitrogens is 3. The van der Waals surface area contributed by atoms with Crippen molar-refractivity contribution < 1.29 is 18.0 Å². The third-order valence-electron chi connectivity index (χ3n) is 5.55. The number of fused-ring (bicyclic) bond motifs is 1. The van der Waals surface area contributed by atoms with Crippen molar-refractivity contribution in [2.75, 3.05) is 37.3 Å². The third kappa shape index (κ3) is 3.56. The number of hydrogen-bond acceptors (Lipinski definition) is 8. The van der Waals surface area contributed by atoms with E-state index in [1.165, 1.54) is 10.6 Å². The van der Waals surface area contributed by atoms with E-state index in [0.29, 0.717) is 50.7 Å². The zero-order valence-corrected chi connectivity index (χ0v) is 16.2. The van der Waals surface area contributed by atoms with Gasteiger partial charge < -0.3 is 14.5 Å². The predicted octanol–water partition coefficient (Wildman–Crippen LogP) is 0.663. The molecule has 2 atom stereocenters. The summed E-state index contributed by atoms with van der Waals surface area (Å²) in [6.07, 6.45) is 3.98. The van der Waals surface area contributed by atoms with Crippen LogP contribution in [-0.4, -0.2) is 71.0 Å². The van der Waals surface area contributed by atoms with Crippen LogP contribution in [0.1, 0.15) is 18.7 Å². The van der Waals surface area contributed by atoms with Crippen molar-refractivity contribution in [3.05, 3.63) is 24.2 Å². The third-order valence-corrected chi connectivity index (χ3v) is 6.82. The topological polar surface area (TPSA) is 113 Å². The maximum absolute atomic E-state index is 11.9. The zero-order valence-electron chi connectivity index (χ0n) is 15.4.